The number of allylic oxidation sites excluding steroid dienone is 4. The van der Waals surface area contributed by atoms with E-state index in [1.165, 1.54) is 5.57 Å². The van der Waals surface area contributed by atoms with Crippen molar-refractivity contribution in [1.82, 2.24) is 0 Å². The Kier molecular flexibility index (Phi) is 8.74. The molecule has 5 rings (SSSR count). The molecule has 3 N–H and O–H groups in total. The molecule has 0 saturated carbocycles. The van der Waals surface area contributed by atoms with Crippen molar-refractivity contribution >= 4 is 5.97 Å². The second-order valence-corrected chi connectivity index (χ2v) is 13.5. The third kappa shape index (κ3) is 5.89. The van der Waals surface area contributed by atoms with Gasteiger partial charge in [0, 0.05) is 24.8 Å². The molecule has 228 valence electrons. The van der Waals surface area contributed by atoms with E-state index in [2.05, 4.69) is 40.7 Å². The molecule has 4 aliphatic heterocycles. The molecular weight excluding hydrogens is 524 g/mol. The first-order valence-corrected chi connectivity index (χ1v) is 15.4. The number of hydrogen-bond donors (Lipinski definition) is 3. The number of carbonyl (C=O) groups is 1. The van der Waals surface area contributed by atoms with Crippen molar-refractivity contribution in [3.05, 3.63) is 47.1 Å². The van der Waals surface area contributed by atoms with Gasteiger partial charge in [-0.25, -0.2) is 0 Å². The fraction of sp³-hybridized carbons (Fsp3) is 0.727. The molecule has 3 saturated heterocycles. The summed E-state index contributed by atoms with van der Waals surface area (Å²) in [7, 11) is 0. The van der Waals surface area contributed by atoms with E-state index in [4.69, 9.17) is 18.9 Å². The molecule has 8 heteroatoms. The van der Waals surface area contributed by atoms with E-state index < -0.39 is 47.9 Å². The minimum absolute atomic E-state index is 0.0401. The molecule has 41 heavy (non-hydrogen) atoms. The van der Waals surface area contributed by atoms with Crippen LogP contribution in [0.1, 0.15) is 80.1 Å². The maximum Gasteiger partial charge on any atom is 0.316 e. The Bertz CT molecular complexity index is 1120. The monoisotopic (exact) mass is 572 g/mol. The van der Waals surface area contributed by atoms with Gasteiger partial charge in [-0.05, 0) is 56.4 Å². The Morgan fingerprint density at radius 2 is 1.85 bits per heavy atom. The summed E-state index contributed by atoms with van der Waals surface area (Å²) in [5.74, 6) is -1.70. The van der Waals surface area contributed by atoms with Crippen molar-refractivity contribution in [3.8, 4) is 0 Å². The first kappa shape index (κ1) is 30.6. The van der Waals surface area contributed by atoms with Crippen LogP contribution in [0.4, 0.5) is 0 Å². The number of esters is 1. The molecule has 4 heterocycles. The first-order valence-electron chi connectivity index (χ1n) is 15.4. The normalized spacial score (nSPS) is 47.6. The molecule has 2 bridgehead atoms. The fourth-order valence-electron chi connectivity index (χ4n) is 7.54. The number of ether oxygens (including phenoxy) is 4. The minimum Gasteiger partial charge on any atom is -0.462 e. The molecule has 11 atom stereocenters. The summed E-state index contributed by atoms with van der Waals surface area (Å²) < 4.78 is 25.3. The summed E-state index contributed by atoms with van der Waals surface area (Å²) in [5, 5.41) is 33.8. The molecule has 0 aromatic heterocycles. The largest absolute Gasteiger partial charge is 0.462 e. The third-order valence-corrected chi connectivity index (χ3v) is 9.72. The van der Waals surface area contributed by atoms with Crippen LogP contribution in [0.2, 0.25) is 0 Å². The molecular formula is C33H48O8. The number of carbonyl (C=O) groups excluding carboxylic acids is 1. The fourth-order valence-corrected chi connectivity index (χ4v) is 7.54. The molecule has 0 aromatic rings. The average Bonchev–Trinajstić information content (AvgIpc) is 3.16. The van der Waals surface area contributed by atoms with E-state index in [9.17, 15) is 20.1 Å². The van der Waals surface area contributed by atoms with Gasteiger partial charge in [0.2, 0.25) is 0 Å². The van der Waals surface area contributed by atoms with Crippen LogP contribution in [0, 0.1) is 23.7 Å². The van der Waals surface area contributed by atoms with Crippen LogP contribution in [0.3, 0.4) is 0 Å². The molecule has 1 unspecified atom stereocenters. The summed E-state index contributed by atoms with van der Waals surface area (Å²) in [6.07, 6.45) is 8.83. The maximum atomic E-state index is 13.9. The van der Waals surface area contributed by atoms with E-state index in [-0.39, 0.29) is 23.7 Å². The topological polar surface area (TPSA) is 115 Å². The Labute approximate surface area is 244 Å². The number of aliphatic hydroxyl groups excluding tert-OH is 2. The van der Waals surface area contributed by atoms with E-state index in [0.717, 1.165) is 19.3 Å². The Morgan fingerprint density at radius 3 is 2.59 bits per heavy atom. The van der Waals surface area contributed by atoms with Crippen molar-refractivity contribution < 1.29 is 39.1 Å². The first-order chi connectivity index (χ1) is 19.3. The van der Waals surface area contributed by atoms with Crippen LogP contribution in [-0.4, -0.2) is 69.5 Å². The predicted molar refractivity (Wildman–Crippen MR) is 153 cm³/mol. The highest BCUT2D eigenvalue weighted by Crippen LogP contribution is 2.49. The minimum atomic E-state index is -1.96. The van der Waals surface area contributed by atoms with E-state index in [1.54, 1.807) is 25.2 Å². The molecule has 0 amide bonds. The summed E-state index contributed by atoms with van der Waals surface area (Å²) >= 11 is 0. The van der Waals surface area contributed by atoms with Gasteiger partial charge in [-0.1, -0.05) is 63.6 Å². The van der Waals surface area contributed by atoms with Crippen LogP contribution in [0.25, 0.3) is 0 Å². The lowest BCUT2D eigenvalue weighted by Crippen LogP contribution is -2.58. The van der Waals surface area contributed by atoms with Crippen molar-refractivity contribution in [1.29, 1.82) is 0 Å². The summed E-state index contributed by atoms with van der Waals surface area (Å²) in [5.41, 5.74) is -0.103. The SMILES string of the molecule is CC1=C[C@H]2C(=O)O[C@H]3C[C@@H](C/C=C(/C)C[C@@H](C)/C=C\C=C4C(O)O[C@H]([C@@H]1O)[C@@]42O)O[C@@]1(CC[C@H](C)[C@@H](C(C)C)O1)C3. The Morgan fingerprint density at radius 1 is 1.10 bits per heavy atom. The van der Waals surface area contributed by atoms with Crippen LogP contribution in [0.5, 0.6) is 0 Å². The summed E-state index contributed by atoms with van der Waals surface area (Å²) in [6.45, 7) is 12.4. The zero-order chi connectivity index (χ0) is 29.7. The standard InChI is InChI=1S/C33H48O8/c1-18(2)28-21(5)12-13-32(41-28)17-24-16-23(40-32)11-10-20(4)14-19(3)8-7-9-25-30(35)39-29-27(34)22(6)15-26(31(36)38-24)33(25,29)37/h7-10,15,18-19,21,23-24,26-30,34-35,37H,11-14,16-17H2,1-6H3/b8-7-,20-10-,25-9?/t19-,21-,23+,24-,26-,27+,28+,29+,30?,32+,33+/m0/s1. The lowest BCUT2D eigenvalue weighted by atomic mass is 9.70. The lowest BCUT2D eigenvalue weighted by Gasteiger charge is -2.50. The molecule has 3 fully saturated rings. The molecule has 5 aliphatic rings. The van der Waals surface area contributed by atoms with Gasteiger partial charge in [-0.2, -0.15) is 0 Å². The Balaban J connectivity index is 1.53. The smallest absolute Gasteiger partial charge is 0.316 e. The lowest BCUT2D eigenvalue weighted by molar-refractivity contribution is -0.340. The van der Waals surface area contributed by atoms with Crippen LogP contribution < -0.4 is 0 Å². The number of rotatable bonds is 1. The number of hydrogen-bond acceptors (Lipinski definition) is 8. The molecule has 1 aliphatic carbocycles. The van der Waals surface area contributed by atoms with Crippen LogP contribution >= 0.6 is 0 Å². The maximum absolute atomic E-state index is 13.9. The van der Waals surface area contributed by atoms with Crippen LogP contribution in [-0.2, 0) is 23.7 Å². The van der Waals surface area contributed by atoms with Crippen molar-refractivity contribution in [2.24, 2.45) is 23.7 Å². The van der Waals surface area contributed by atoms with E-state index >= 15 is 0 Å². The highest BCUT2D eigenvalue weighted by molar-refractivity contribution is 5.78. The molecule has 8 nitrogen and oxygen atoms in total. The average molecular weight is 573 g/mol. The van der Waals surface area contributed by atoms with Crippen molar-refractivity contribution in [2.75, 3.05) is 0 Å². The molecule has 0 aromatic carbocycles. The van der Waals surface area contributed by atoms with Crippen molar-refractivity contribution in [3.63, 3.8) is 0 Å². The van der Waals surface area contributed by atoms with Gasteiger partial charge in [0.15, 0.2) is 12.1 Å². The molecule has 0 radical (unpaired) electrons. The van der Waals surface area contributed by atoms with Gasteiger partial charge in [0.1, 0.15) is 29.8 Å². The predicted octanol–water partition coefficient (Wildman–Crippen LogP) is 4.49. The second-order valence-electron chi connectivity index (χ2n) is 13.5. The third-order valence-electron chi connectivity index (χ3n) is 9.72. The van der Waals surface area contributed by atoms with Gasteiger partial charge in [0.05, 0.1) is 12.2 Å². The van der Waals surface area contributed by atoms with Gasteiger partial charge in [-0.3, -0.25) is 4.79 Å². The van der Waals surface area contributed by atoms with Gasteiger partial charge >= 0.3 is 5.97 Å². The second kappa shape index (κ2) is 11.7. The molecule has 1 spiro atoms. The van der Waals surface area contributed by atoms with Gasteiger partial charge in [0.25, 0.3) is 0 Å². The zero-order valence-corrected chi connectivity index (χ0v) is 25.3. The van der Waals surface area contributed by atoms with E-state index in [1.807, 2.05) is 6.08 Å². The van der Waals surface area contributed by atoms with Gasteiger partial charge < -0.3 is 34.3 Å². The van der Waals surface area contributed by atoms with Crippen LogP contribution in [0.15, 0.2) is 47.1 Å². The highest BCUT2D eigenvalue weighted by atomic mass is 16.7. The van der Waals surface area contributed by atoms with Crippen molar-refractivity contribution in [2.45, 2.75) is 128 Å². The summed E-state index contributed by atoms with van der Waals surface area (Å²) in [4.78, 5) is 13.9. The zero-order valence-electron chi connectivity index (χ0n) is 25.3. The Hall–Kier alpha value is -1.81. The summed E-state index contributed by atoms with van der Waals surface area (Å²) in [6, 6.07) is 0. The van der Waals surface area contributed by atoms with Gasteiger partial charge in [-0.15, -0.1) is 0 Å². The number of aliphatic hydroxyl groups is 3. The number of fused-ring (bicyclic) bond motifs is 2. The quantitative estimate of drug-likeness (QED) is 0.311. The van der Waals surface area contributed by atoms with E-state index in [0.29, 0.717) is 36.7 Å². The highest BCUT2D eigenvalue weighted by Gasteiger charge is 2.62.